The van der Waals surface area contributed by atoms with E-state index in [1.807, 2.05) is 0 Å². The molecule has 0 fully saturated rings. The SMILES string of the molecule is O=[N+]([O-])c1c(S(=O)(=O)O)c(O)c2ccccc2c1[N+](=O)[O-]. The molecule has 110 valence electrons. The smallest absolute Gasteiger partial charge is 0.371 e. The van der Waals surface area contributed by atoms with Crippen LogP contribution in [0.5, 0.6) is 5.75 Å². The van der Waals surface area contributed by atoms with Gasteiger partial charge >= 0.3 is 21.5 Å². The molecule has 0 unspecified atom stereocenters. The molecule has 2 N–H and O–H groups in total. The summed E-state index contributed by atoms with van der Waals surface area (Å²) in [7, 11) is -5.25. The zero-order valence-corrected chi connectivity index (χ0v) is 10.8. The normalized spacial score (nSPS) is 11.5. The molecular weight excluding hydrogens is 308 g/mol. The van der Waals surface area contributed by atoms with Crippen molar-refractivity contribution in [2.24, 2.45) is 0 Å². The Kier molecular flexibility index (Phi) is 3.23. The molecule has 0 aliphatic carbocycles. The molecular formula is C10H6N2O8S. The number of hydrogen-bond donors (Lipinski definition) is 2. The molecule has 0 heterocycles. The van der Waals surface area contributed by atoms with Crippen molar-refractivity contribution in [3.63, 3.8) is 0 Å². The molecule has 0 aliphatic heterocycles. The van der Waals surface area contributed by atoms with Crippen molar-refractivity contribution in [3.8, 4) is 5.75 Å². The van der Waals surface area contributed by atoms with Crippen molar-refractivity contribution in [1.29, 1.82) is 0 Å². The van der Waals surface area contributed by atoms with Crippen molar-refractivity contribution in [3.05, 3.63) is 44.5 Å². The van der Waals surface area contributed by atoms with Gasteiger partial charge in [0.2, 0.25) is 4.90 Å². The zero-order valence-electron chi connectivity index (χ0n) is 9.96. The van der Waals surface area contributed by atoms with Gasteiger partial charge in [0.05, 0.1) is 15.2 Å². The van der Waals surface area contributed by atoms with Gasteiger partial charge in [-0.2, -0.15) is 8.42 Å². The van der Waals surface area contributed by atoms with Crippen LogP contribution >= 0.6 is 0 Å². The molecule has 2 rings (SSSR count). The van der Waals surface area contributed by atoms with Gasteiger partial charge in [-0.25, -0.2) is 0 Å². The number of nitro groups is 2. The first-order valence-electron chi connectivity index (χ1n) is 5.20. The Balaban J connectivity index is 3.24. The number of rotatable bonds is 3. The minimum Gasteiger partial charge on any atom is -0.506 e. The number of benzene rings is 2. The Hall–Kier alpha value is -2.79. The van der Waals surface area contributed by atoms with Gasteiger partial charge in [-0.05, 0) is 6.07 Å². The first kappa shape index (κ1) is 14.6. The van der Waals surface area contributed by atoms with E-state index < -0.39 is 42.0 Å². The molecule has 2 aromatic carbocycles. The van der Waals surface area contributed by atoms with Crippen molar-refractivity contribution >= 4 is 32.3 Å². The van der Waals surface area contributed by atoms with Gasteiger partial charge in [0.25, 0.3) is 0 Å². The molecule has 0 saturated heterocycles. The van der Waals surface area contributed by atoms with Crippen LogP contribution in [0.4, 0.5) is 11.4 Å². The van der Waals surface area contributed by atoms with E-state index in [0.717, 1.165) is 12.1 Å². The van der Waals surface area contributed by atoms with Crippen LogP contribution in [0.25, 0.3) is 10.8 Å². The maximum absolute atomic E-state index is 11.3. The Morgan fingerprint density at radius 3 is 1.86 bits per heavy atom. The molecule has 21 heavy (non-hydrogen) atoms. The van der Waals surface area contributed by atoms with E-state index in [0.29, 0.717) is 0 Å². The number of hydrogen-bond acceptors (Lipinski definition) is 7. The van der Waals surface area contributed by atoms with E-state index in [1.165, 1.54) is 12.1 Å². The van der Waals surface area contributed by atoms with Gasteiger partial charge in [0.15, 0.2) is 5.75 Å². The maximum Gasteiger partial charge on any atom is 0.371 e. The van der Waals surface area contributed by atoms with Crippen LogP contribution in [0.2, 0.25) is 0 Å². The standard InChI is InChI=1S/C10H6N2O8S/c13-9-6-4-2-1-3-5(6)7(11(14)15)8(12(16)17)10(9)21(18,19)20/h1-4,13H,(H,18,19,20). The lowest BCUT2D eigenvalue weighted by molar-refractivity contribution is -0.423. The highest BCUT2D eigenvalue weighted by Crippen LogP contribution is 2.46. The summed E-state index contributed by atoms with van der Waals surface area (Å²) in [5.74, 6) is -1.12. The first-order valence-corrected chi connectivity index (χ1v) is 6.64. The zero-order chi connectivity index (χ0) is 15.9. The van der Waals surface area contributed by atoms with E-state index >= 15 is 0 Å². The number of aromatic hydroxyl groups is 1. The van der Waals surface area contributed by atoms with Crippen LogP contribution < -0.4 is 0 Å². The average Bonchev–Trinajstić information content (AvgIpc) is 2.36. The number of phenols is 1. The third kappa shape index (κ3) is 2.23. The van der Waals surface area contributed by atoms with Gasteiger partial charge in [-0.1, -0.05) is 18.2 Å². The second-order valence-corrected chi connectivity index (χ2v) is 5.27. The predicted molar refractivity (Wildman–Crippen MR) is 68.7 cm³/mol. The fourth-order valence-corrected chi connectivity index (χ4v) is 2.73. The second-order valence-electron chi connectivity index (χ2n) is 3.91. The van der Waals surface area contributed by atoms with Crippen LogP contribution in [0.1, 0.15) is 0 Å². The van der Waals surface area contributed by atoms with Gasteiger partial charge in [0, 0.05) is 5.39 Å². The third-order valence-electron chi connectivity index (χ3n) is 2.71. The van der Waals surface area contributed by atoms with Gasteiger partial charge in [0.1, 0.15) is 0 Å². The number of nitro benzene ring substituents is 2. The van der Waals surface area contributed by atoms with Crippen molar-refractivity contribution in [2.75, 3.05) is 0 Å². The van der Waals surface area contributed by atoms with Crippen LogP contribution in [0.3, 0.4) is 0 Å². The lowest BCUT2D eigenvalue weighted by Crippen LogP contribution is -2.07. The summed E-state index contributed by atoms with van der Waals surface area (Å²) in [6.45, 7) is 0. The van der Waals surface area contributed by atoms with E-state index in [4.69, 9.17) is 4.55 Å². The highest BCUT2D eigenvalue weighted by Gasteiger charge is 2.40. The number of fused-ring (bicyclic) bond motifs is 1. The molecule has 0 bridgehead atoms. The predicted octanol–water partition coefficient (Wildman–Crippen LogP) is 1.61. The Morgan fingerprint density at radius 1 is 0.952 bits per heavy atom. The molecule has 0 atom stereocenters. The number of phenolic OH excluding ortho intramolecular Hbond substituents is 1. The van der Waals surface area contributed by atoms with Crippen LogP contribution in [0, 0.1) is 20.2 Å². The summed E-state index contributed by atoms with van der Waals surface area (Å²) >= 11 is 0. The van der Waals surface area contributed by atoms with Gasteiger partial charge < -0.3 is 5.11 Å². The van der Waals surface area contributed by atoms with E-state index in [9.17, 15) is 33.8 Å². The molecule has 0 aromatic heterocycles. The minimum absolute atomic E-state index is 0.303. The summed E-state index contributed by atoms with van der Waals surface area (Å²) in [4.78, 5) is 18.1. The maximum atomic E-state index is 11.3. The van der Waals surface area contributed by atoms with Crippen LogP contribution in [-0.2, 0) is 10.1 Å². The summed E-state index contributed by atoms with van der Waals surface area (Å²) in [6, 6.07) is 4.92. The average molecular weight is 314 g/mol. The summed E-state index contributed by atoms with van der Waals surface area (Å²) < 4.78 is 31.6. The molecule has 0 amide bonds. The van der Waals surface area contributed by atoms with E-state index in [-0.39, 0.29) is 10.8 Å². The third-order valence-corrected chi connectivity index (χ3v) is 3.62. The summed E-state index contributed by atoms with van der Waals surface area (Å²) in [5, 5.41) is 31.3. The lowest BCUT2D eigenvalue weighted by Gasteiger charge is -2.07. The van der Waals surface area contributed by atoms with Crippen LogP contribution in [-0.4, -0.2) is 27.9 Å². The van der Waals surface area contributed by atoms with Crippen molar-refractivity contribution < 1.29 is 27.9 Å². The highest BCUT2D eigenvalue weighted by atomic mass is 32.2. The second kappa shape index (κ2) is 4.64. The molecule has 2 aromatic rings. The Bertz CT molecular complexity index is 890. The van der Waals surface area contributed by atoms with Crippen molar-refractivity contribution in [1.82, 2.24) is 0 Å². The quantitative estimate of drug-likeness (QED) is 0.490. The summed E-state index contributed by atoms with van der Waals surface area (Å²) in [5.41, 5.74) is -2.61. The number of nitrogens with zero attached hydrogens (tertiary/aromatic N) is 2. The molecule has 0 saturated carbocycles. The van der Waals surface area contributed by atoms with Crippen molar-refractivity contribution in [2.45, 2.75) is 4.90 Å². The molecule has 11 heteroatoms. The monoisotopic (exact) mass is 314 g/mol. The molecule has 0 aliphatic rings. The first-order chi connectivity index (χ1) is 9.66. The fraction of sp³-hybridized carbons (Fsp3) is 0. The highest BCUT2D eigenvalue weighted by molar-refractivity contribution is 7.86. The van der Waals surface area contributed by atoms with E-state index in [2.05, 4.69) is 0 Å². The Labute approximate surface area is 116 Å². The van der Waals surface area contributed by atoms with Gasteiger partial charge in [-0.3, -0.25) is 24.8 Å². The van der Waals surface area contributed by atoms with Gasteiger partial charge in [-0.15, -0.1) is 0 Å². The Morgan fingerprint density at radius 2 is 1.43 bits per heavy atom. The topological polar surface area (TPSA) is 161 Å². The van der Waals surface area contributed by atoms with Crippen LogP contribution in [0.15, 0.2) is 29.2 Å². The minimum atomic E-state index is -5.25. The fourth-order valence-electron chi connectivity index (χ4n) is 1.96. The molecule has 0 radical (unpaired) electrons. The molecule has 0 spiro atoms. The van der Waals surface area contributed by atoms with E-state index in [1.54, 1.807) is 0 Å². The molecule has 10 nitrogen and oxygen atoms in total. The summed E-state index contributed by atoms with van der Waals surface area (Å²) in [6.07, 6.45) is 0. The largest absolute Gasteiger partial charge is 0.506 e. The lowest BCUT2D eigenvalue weighted by atomic mass is 10.1.